The number of hydrogen-bond donors (Lipinski definition) is 2. The average Bonchev–Trinajstić information content (AvgIpc) is 2.35. The summed E-state index contributed by atoms with van der Waals surface area (Å²) < 4.78 is 27.4. The van der Waals surface area contributed by atoms with Crippen molar-refractivity contribution in [2.45, 2.75) is 37.6 Å². The van der Waals surface area contributed by atoms with Crippen LogP contribution in [0.2, 0.25) is 10.0 Å². The van der Waals surface area contributed by atoms with E-state index in [0.29, 0.717) is 24.0 Å². The fourth-order valence-corrected chi connectivity index (χ4v) is 4.15. The predicted molar refractivity (Wildman–Crippen MR) is 86.4 cm³/mol. The quantitative estimate of drug-likeness (QED) is 0.793. The van der Waals surface area contributed by atoms with E-state index in [4.69, 9.17) is 23.2 Å². The van der Waals surface area contributed by atoms with E-state index < -0.39 is 10.0 Å². The molecular formula is C14H20Cl2N2O2S. The standard InChI is InChI=1S/C14H20Cl2N2O2S/c1-2-17-9-11-6-14(13(16)7-12(11)15)21(19,20)18-8-10-4-3-5-10/h6-7,10,17-18H,2-5,8-9H2,1H3. The van der Waals surface area contributed by atoms with Crippen molar-refractivity contribution >= 4 is 33.2 Å². The van der Waals surface area contributed by atoms with Crippen molar-refractivity contribution in [1.82, 2.24) is 10.0 Å². The normalized spacial score (nSPS) is 16.0. The Morgan fingerprint density at radius 3 is 2.52 bits per heavy atom. The topological polar surface area (TPSA) is 58.2 Å². The molecule has 0 atom stereocenters. The minimum atomic E-state index is -3.59. The number of hydrogen-bond acceptors (Lipinski definition) is 3. The van der Waals surface area contributed by atoms with Crippen molar-refractivity contribution < 1.29 is 8.42 Å². The van der Waals surface area contributed by atoms with E-state index in [1.807, 2.05) is 6.92 Å². The van der Waals surface area contributed by atoms with E-state index in [-0.39, 0.29) is 9.92 Å². The molecule has 1 aromatic rings. The molecule has 0 radical (unpaired) electrons. The Hall–Kier alpha value is -0.330. The first-order chi connectivity index (χ1) is 9.94. The van der Waals surface area contributed by atoms with E-state index in [1.54, 1.807) is 6.07 Å². The van der Waals surface area contributed by atoms with Crippen LogP contribution in [0, 0.1) is 5.92 Å². The van der Waals surface area contributed by atoms with Gasteiger partial charge < -0.3 is 5.32 Å². The highest BCUT2D eigenvalue weighted by molar-refractivity contribution is 7.89. The monoisotopic (exact) mass is 350 g/mol. The molecule has 0 aliphatic heterocycles. The van der Waals surface area contributed by atoms with Gasteiger partial charge in [0.15, 0.2) is 0 Å². The van der Waals surface area contributed by atoms with E-state index in [0.717, 1.165) is 24.9 Å². The van der Waals surface area contributed by atoms with Gasteiger partial charge in [0.05, 0.1) is 5.02 Å². The van der Waals surface area contributed by atoms with Crippen molar-refractivity contribution in [3.63, 3.8) is 0 Å². The highest BCUT2D eigenvalue weighted by Gasteiger charge is 2.23. The molecule has 1 fully saturated rings. The largest absolute Gasteiger partial charge is 0.313 e. The zero-order valence-corrected chi connectivity index (χ0v) is 14.3. The van der Waals surface area contributed by atoms with Crippen LogP contribution in [-0.2, 0) is 16.6 Å². The molecule has 4 nitrogen and oxygen atoms in total. The van der Waals surface area contributed by atoms with E-state index in [2.05, 4.69) is 10.0 Å². The summed E-state index contributed by atoms with van der Waals surface area (Å²) >= 11 is 12.2. The summed E-state index contributed by atoms with van der Waals surface area (Å²) in [6.45, 7) is 3.74. The number of benzene rings is 1. The molecule has 1 aliphatic carbocycles. The number of sulfonamides is 1. The van der Waals surface area contributed by atoms with Crippen molar-refractivity contribution in [2.24, 2.45) is 5.92 Å². The molecule has 0 heterocycles. The van der Waals surface area contributed by atoms with Crippen molar-refractivity contribution in [2.75, 3.05) is 13.1 Å². The maximum absolute atomic E-state index is 12.4. The molecular weight excluding hydrogens is 331 g/mol. The predicted octanol–water partition coefficient (Wildman–Crippen LogP) is 3.18. The van der Waals surface area contributed by atoms with Gasteiger partial charge in [0.1, 0.15) is 4.90 Å². The summed E-state index contributed by atoms with van der Waals surface area (Å²) in [4.78, 5) is 0.0980. The fraction of sp³-hybridized carbons (Fsp3) is 0.571. The molecule has 0 saturated heterocycles. The maximum atomic E-state index is 12.4. The van der Waals surface area contributed by atoms with Gasteiger partial charge >= 0.3 is 0 Å². The third kappa shape index (κ3) is 4.33. The van der Waals surface area contributed by atoms with Crippen molar-refractivity contribution in [3.05, 3.63) is 27.7 Å². The van der Waals surface area contributed by atoms with Crippen molar-refractivity contribution in [3.8, 4) is 0 Å². The highest BCUT2D eigenvalue weighted by atomic mass is 35.5. The minimum Gasteiger partial charge on any atom is -0.313 e. The summed E-state index contributed by atoms with van der Waals surface area (Å²) in [5, 5.41) is 3.75. The van der Waals surface area contributed by atoms with Crippen LogP contribution in [0.25, 0.3) is 0 Å². The highest BCUT2D eigenvalue weighted by Crippen LogP contribution is 2.30. The van der Waals surface area contributed by atoms with Crippen LogP contribution in [0.3, 0.4) is 0 Å². The Kier molecular flexibility index (Phi) is 5.91. The second kappa shape index (κ2) is 7.29. The van der Waals surface area contributed by atoms with Crippen LogP contribution >= 0.6 is 23.2 Å². The van der Waals surface area contributed by atoms with E-state index in [1.165, 1.54) is 12.5 Å². The Balaban J connectivity index is 2.19. The lowest BCUT2D eigenvalue weighted by molar-refractivity contribution is 0.316. The minimum absolute atomic E-state index is 0.0980. The molecule has 0 bridgehead atoms. The molecule has 0 spiro atoms. The van der Waals surface area contributed by atoms with Gasteiger partial charge in [-0.05, 0) is 43.0 Å². The average molecular weight is 351 g/mol. The van der Waals surface area contributed by atoms with Gasteiger partial charge in [-0.15, -0.1) is 0 Å². The molecule has 118 valence electrons. The Labute approximate surface area is 136 Å². The van der Waals surface area contributed by atoms with Gasteiger partial charge in [0.25, 0.3) is 0 Å². The Bertz CT molecular complexity index is 601. The lowest BCUT2D eigenvalue weighted by Crippen LogP contribution is -2.32. The Morgan fingerprint density at radius 1 is 1.24 bits per heavy atom. The van der Waals surface area contributed by atoms with Gasteiger partial charge in [-0.3, -0.25) is 0 Å². The van der Waals surface area contributed by atoms with Crippen LogP contribution < -0.4 is 10.0 Å². The molecule has 1 aromatic carbocycles. The van der Waals surface area contributed by atoms with Gasteiger partial charge in [-0.2, -0.15) is 0 Å². The van der Waals surface area contributed by atoms with Crippen LogP contribution in [0.1, 0.15) is 31.7 Å². The van der Waals surface area contributed by atoms with Gasteiger partial charge in [0, 0.05) is 18.1 Å². The smallest absolute Gasteiger partial charge is 0.242 e. The van der Waals surface area contributed by atoms with Crippen LogP contribution in [0.4, 0.5) is 0 Å². The van der Waals surface area contributed by atoms with Crippen molar-refractivity contribution in [1.29, 1.82) is 0 Å². The molecule has 0 unspecified atom stereocenters. The van der Waals surface area contributed by atoms with Gasteiger partial charge in [-0.1, -0.05) is 36.5 Å². The summed E-state index contributed by atoms with van der Waals surface area (Å²) in [5.74, 6) is 0.451. The SMILES string of the molecule is CCNCc1cc(S(=O)(=O)NCC2CCC2)c(Cl)cc1Cl. The summed E-state index contributed by atoms with van der Waals surface area (Å²) in [6, 6.07) is 3.05. The van der Waals surface area contributed by atoms with Gasteiger partial charge in [-0.25, -0.2) is 13.1 Å². The lowest BCUT2D eigenvalue weighted by Gasteiger charge is -2.25. The molecule has 0 aromatic heterocycles. The second-order valence-corrected chi connectivity index (χ2v) is 7.85. The number of rotatable bonds is 7. The summed E-state index contributed by atoms with van der Waals surface area (Å²) in [5.41, 5.74) is 0.729. The molecule has 2 rings (SSSR count). The fourth-order valence-electron chi connectivity index (χ4n) is 2.17. The first kappa shape index (κ1) is 17.0. The molecule has 21 heavy (non-hydrogen) atoms. The van der Waals surface area contributed by atoms with Crippen LogP contribution in [-0.4, -0.2) is 21.5 Å². The summed E-state index contributed by atoms with van der Waals surface area (Å²) in [7, 11) is -3.59. The third-order valence-corrected chi connectivity index (χ3v) is 5.98. The van der Waals surface area contributed by atoms with E-state index in [9.17, 15) is 8.42 Å². The maximum Gasteiger partial charge on any atom is 0.242 e. The third-order valence-electron chi connectivity index (χ3n) is 3.74. The first-order valence-corrected chi connectivity index (χ1v) is 9.36. The van der Waals surface area contributed by atoms with Gasteiger partial charge in [0.2, 0.25) is 10.0 Å². The lowest BCUT2D eigenvalue weighted by atomic mass is 9.86. The molecule has 2 N–H and O–H groups in total. The molecule has 0 amide bonds. The Morgan fingerprint density at radius 2 is 1.95 bits per heavy atom. The number of nitrogens with one attached hydrogen (secondary N) is 2. The number of halogens is 2. The van der Waals surface area contributed by atoms with Crippen LogP contribution in [0.5, 0.6) is 0 Å². The summed E-state index contributed by atoms with van der Waals surface area (Å²) in [6.07, 6.45) is 3.35. The second-order valence-electron chi connectivity index (χ2n) is 5.30. The first-order valence-electron chi connectivity index (χ1n) is 7.12. The molecule has 1 aliphatic rings. The zero-order valence-electron chi connectivity index (χ0n) is 12.0. The molecule has 1 saturated carbocycles. The van der Waals surface area contributed by atoms with E-state index >= 15 is 0 Å². The zero-order chi connectivity index (χ0) is 15.5. The van der Waals surface area contributed by atoms with Crippen LogP contribution in [0.15, 0.2) is 17.0 Å². The molecule has 7 heteroatoms.